The van der Waals surface area contributed by atoms with E-state index in [0.29, 0.717) is 12.8 Å². The number of rotatable bonds is 11. The summed E-state index contributed by atoms with van der Waals surface area (Å²) in [5, 5.41) is 10.4. The highest BCUT2D eigenvalue weighted by molar-refractivity contribution is 5.92. The Hall–Kier alpha value is -1.96. The third-order valence-corrected chi connectivity index (χ3v) is 3.00. The molecule has 138 valence electrons. The highest BCUT2D eigenvalue weighted by atomic mass is 16.6. The first kappa shape index (κ1) is 22.0. The van der Waals surface area contributed by atoms with E-state index in [9.17, 15) is 24.3 Å². The molecule has 0 aromatic carbocycles. The van der Waals surface area contributed by atoms with E-state index in [1.54, 1.807) is 0 Å². The van der Waals surface area contributed by atoms with E-state index in [1.807, 2.05) is 13.8 Å². The zero-order valence-electron chi connectivity index (χ0n) is 14.5. The normalized spacial score (nSPS) is 12.8. The zero-order chi connectivity index (χ0) is 18.6. The lowest BCUT2D eigenvalue weighted by Crippen LogP contribution is -2.45. The molecule has 0 aromatic rings. The summed E-state index contributed by atoms with van der Waals surface area (Å²) >= 11 is 0. The minimum absolute atomic E-state index is 0.0459. The van der Waals surface area contributed by atoms with Crippen LogP contribution in [0.4, 0.5) is 0 Å². The summed E-state index contributed by atoms with van der Waals surface area (Å²) in [6.45, 7) is 5.00. The number of hydrogen-bond acceptors (Lipinski definition) is 8. The molecule has 0 aliphatic carbocycles. The van der Waals surface area contributed by atoms with Gasteiger partial charge in [-0.3, -0.25) is 14.4 Å². The van der Waals surface area contributed by atoms with Crippen molar-refractivity contribution in [1.29, 1.82) is 0 Å². The van der Waals surface area contributed by atoms with E-state index >= 15 is 0 Å². The molecule has 1 N–H and O–H groups in total. The Morgan fingerprint density at radius 1 is 0.875 bits per heavy atom. The van der Waals surface area contributed by atoms with E-state index in [4.69, 9.17) is 9.47 Å². The molecule has 0 aromatic heterocycles. The summed E-state index contributed by atoms with van der Waals surface area (Å²) in [7, 11) is 0. The lowest BCUT2D eigenvalue weighted by Gasteiger charge is -2.24. The summed E-state index contributed by atoms with van der Waals surface area (Å²) in [6.07, 6.45) is 1.14. The van der Waals surface area contributed by atoms with Crippen molar-refractivity contribution in [3.05, 3.63) is 0 Å². The van der Waals surface area contributed by atoms with Crippen LogP contribution >= 0.6 is 0 Å². The van der Waals surface area contributed by atoms with Crippen LogP contribution in [0.3, 0.4) is 0 Å². The Morgan fingerprint density at radius 3 is 1.88 bits per heavy atom. The van der Waals surface area contributed by atoms with Gasteiger partial charge >= 0.3 is 23.9 Å². The lowest BCUT2D eigenvalue weighted by molar-refractivity contribution is -0.179. The summed E-state index contributed by atoms with van der Waals surface area (Å²) in [4.78, 5) is 46.2. The van der Waals surface area contributed by atoms with Crippen LogP contribution in [-0.2, 0) is 33.4 Å². The number of hydrogen-bond donors (Lipinski definition) is 1. The number of carbonyl (C=O) groups excluding carboxylic acids is 4. The van der Waals surface area contributed by atoms with E-state index in [2.05, 4.69) is 4.74 Å². The van der Waals surface area contributed by atoms with Gasteiger partial charge in [0.15, 0.2) is 5.60 Å². The molecule has 8 heteroatoms. The molecule has 0 aliphatic heterocycles. The topological polar surface area (TPSA) is 116 Å². The predicted molar refractivity (Wildman–Crippen MR) is 82.7 cm³/mol. The lowest BCUT2D eigenvalue weighted by atomic mass is 9.95. The average molecular weight is 346 g/mol. The third kappa shape index (κ3) is 9.24. The molecular formula is C16H26O8. The monoisotopic (exact) mass is 346 g/mol. The molecule has 0 saturated carbocycles. The predicted octanol–water partition coefficient (Wildman–Crippen LogP) is 1.27. The van der Waals surface area contributed by atoms with Crippen LogP contribution in [0.5, 0.6) is 0 Å². The van der Waals surface area contributed by atoms with Crippen molar-refractivity contribution in [1.82, 2.24) is 0 Å². The Morgan fingerprint density at radius 2 is 1.38 bits per heavy atom. The maximum absolute atomic E-state index is 12.1. The smallest absolute Gasteiger partial charge is 0.339 e. The molecule has 0 radical (unpaired) electrons. The van der Waals surface area contributed by atoms with E-state index in [0.717, 1.165) is 19.8 Å². The minimum atomic E-state index is -2.43. The fourth-order valence-electron chi connectivity index (χ4n) is 1.71. The number of unbranched alkanes of at least 4 members (excludes halogenated alkanes) is 2. The number of esters is 4. The molecule has 8 nitrogen and oxygen atoms in total. The van der Waals surface area contributed by atoms with Gasteiger partial charge in [0.05, 0.1) is 26.1 Å². The molecule has 0 amide bonds. The molecule has 0 spiro atoms. The van der Waals surface area contributed by atoms with Gasteiger partial charge in [0.1, 0.15) is 0 Å². The highest BCUT2D eigenvalue weighted by Gasteiger charge is 2.43. The van der Waals surface area contributed by atoms with Crippen LogP contribution in [0.15, 0.2) is 0 Å². The molecule has 0 fully saturated rings. The Balaban J connectivity index is 4.90. The van der Waals surface area contributed by atoms with Crippen molar-refractivity contribution < 1.29 is 38.5 Å². The van der Waals surface area contributed by atoms with Crippen molar-refractivity contribution in [3.8, 4) is 0 Å². The van der Waals surface area contributed by atoms with Gasteiger partial charge in [0.25, 0.3) is 0 Å². The molecule has 0 aliphatic rings. The average Bonchev–Trinajstić information content (AvgIpc) is 2.46. The third-order valence-electron chi connectivity index (χ3n) is 3.00. The number of ether oxygens (including phenoxy) is 3. The minimum Gasteiger partial charge on any atom is -0.466 e. The first-order valence-corrected chi connectivity index (χ1v) is 8.01. The fourth-order valence-corrected chi connectivity index (χ4v) is 1.71. The second-order valence-corrected chi connectivity index (χ2v) is 5.41. The van der Waals surface area contributed by atoms with Crippen molar-refractivity contribution in [3.63, 3.8) is 0 Å². The van der Waals surface area contributed by atoms with Crippen LogP contribution in [0, 0.1) is 0 Å². The van der Waals surface area contributed by atoms with Gasteiger partial charge < -0.3 is 19.3 Å². The molecule has 1 unspecified atom stereocenters. The van der Waals surface area contributed by atoms with Gasteiger partial charge in [-0.1, -0.05) is 26.7 Å². The maximum Gasteiger partial charge on any atom is 0.339 e. The Labute approximate surface area is 141 Å². The molecule has 24 heavy (non-hydrogen) atoms. The summed E-state index contributed by atoms with van der Waals surface area (Å²) in [6, 6.07) is 0. The van der Waals surface area contributed by atoms with Crippen molar-refractivity contribution in [2.75, 3.05) is 13.2 Å². The van der Waals surface area contributed by atoms with Gasteiger partial charge in [-0.2, -0.15) is 0 Å². The van der Waals surface area contributed by atoms with E-state index in [1.165, 1.54) is 0 Å². The van der Waals surface area contributed by atoms with E-state index < -0.39 is 42.3 Å². The first-order valence-electron chi connectivity index (χ1n) is 8.01. The molecule has 1 atom stereocenters. The maximum atomic E-state index is 12.1. The van der Waals surface area contributed by atoms with Crippen LogP contribution in [0.2, 0.25) is 0 Å². The van der Waals surface area contributed by atoms with Gasteiger partial charge in [0.2, 0.25) is 0 Å². The number of aliphatic hydroxyl groups is 1. The molecule has 0 rings (SSSR count). The molecular weight excluding hydrogens is 320 g/mol. The van der Waals surface area contributed by atoms with E-state index in [-0.39, 0.29) is 13.2 Å². The molecule has 0 heterocycles. The molecule has 0 saturated heterocycles. The second-order valence-electron chi connectivity index (χ2n) is 5.41. The van der Waals surface area contributed by atoms with Crippen molar-refractivity contribution >= 4 is 23.9 Å². The largest absolute Gasteiger partial charge is 0.466 e. The second kappa shape index (κ2) is 11.6. The quantitative estimate of drug-likeness (QED) is 0.257. The van der Waals surface area contributed by atoms with Crippen LogP contribution in [0.1, 0.15) is 59.3 Å². The van der Waals surface area contributed by atoms with Crippen LogP contribution in [-0.4, -0.2) is 47.8 Å². The van der Waals surface area contributed by atoms with Gasteiger partial charge in [0, 0.05) is 6.92 Å². The van der Waals surface area contributed by atoms with Gasteiger partial charge in [-0.25, -0.2) is 4.79 Å². The Bertz CT molecular complexity index is 445. The summed E-state index contributed by atoms with van der Waals surface area (Å²) < 4.78 is 14.1. The first-order chi connectivity index (χ1) is 11.2. The van der Waals surface area contributed by atoms with Gasteiger partial charge in [-0.05, 0) is 12.8 Å². The fraction of sp³-hybridized carbons (Fsp3) is 0.750. The Kier molecular flexibility index (Phi) is 10.6. The molecule has 0 bridgehead atoms. The van der Waals surface area contributed by atoms with Crippen molar-refractivity contribution in [2.24, 2.45) is 0 Å². The summed E-state index contributed by atoms with van der Waals surface area (Å²) in [5.41, 5.74) is -2.43. The van der Waals surface area contributed by atoms with Crippen molar-refractivity contribution in [2.45, 2.75) is 64.9 Å². The van der Waals surface area contributed by atoms with Crippen LogP contribution in [0.25, 0.3) is 0 Å². The zero-order valence-corrected chi connectivity index (χ0v) is 14.5. The SMILES string of the molecule is CCCCOC(=O)CC(O)(CC(=O)OC(C)=O)C(=O)OCCCC. The standard InChI is InChI=1S/C16H26O8/c1-4-6-8-22-13(18)10-16(21,11-14(19)24-12(3)17)15(20)23-9-7-5-2/h21H,4-11H2,1-3H3. The van der Waals surface area contributed by atoms with Gasteiger partial charge in [-0.15, -0.1) is 0 Å². The number of carbonyl (C=O) groups is 4. The highest BCUT2D eigenvalue weighted by Crippen LogP contribution is 2.20. The summed E-state index contributed by atoms with van der Waals surface area (Å²) in [5.74, 6) is -3.97. The van der Waals surface area contributed by atoms with Crippen LogP contribution < -0.4 is 0 Å².